The molecule has 1 N–H and O–H groups in total. The molecular formula is C14H20BrNO2. The molecule has 0 aliphatic carbocycles. The summed E-state index contributed by atoms with van der Waals surface area (Å²) < 4.78 is 0.849. The normalized spacial score (nSPS) is 12.7. The smallest absolute Gasteiger partial charge is 0.165 e. The zero-order valence-electron chi connectivity index (χ0n) is 10.9. The minimum Gasteiger partial charge on any atom is -0.393 e. The lowest BCUT2D eigenvalue weighted by molar-refractivity contribution is 0.0964. The minimum absolute atomic E-state index is 0.145. The largest absolute Gasteiger partial charge is 0.393 e. The summed E-state index contributed by atoms with van der Waals surface area (Å²) in [7, 11) is 1.97. The number of carbonyl (C=O) groups is 1. The van der Waals surface area contributed by atoms with E-state index in [0.29, 0.717) is 13.0 Å². The maximum absolute atomic E-state index is 12.0. The third kappa shape index (κ3) is 5.29. The predicted molar refractivity (Wildman–Crippen MR) is 76.9 cm³/mol. The van der Waals surface area contributed by atoms with Gasteiger partial charge in [0.25, 0.3) is 0 Å². The zero-order valence-corrected chi connectivity index (χ0v) is 12.5. The summed E-state index contributed by atoms with van der Waals surface area (Å²) in [5.41, 5.74) is 0.737. The van der Waals surface area contributed by atoms with Crippen molar-refractivity contribution >= 4 is 21.7 Å². The van der Waals surface area contributed by atoms with Crippen LogP contribution < -0.4 is 0 Å². The average molecular weight is 314 g/mol. The van der Waals surface area contributed by atoms with Gasteiger partial charge in [-0.3, -0.25) is 4.79 Å². The highest BCUT2D eigenvalue weighted by Crippen LogP contribution is 2.17. The molecule has 0 fully saturated rings. The summed E-state index contributed by atoms with van der Waals surface area (Å²) >= 11 is 3.39. The van der Waals surface area contributed by atoms with Gasteiger partial charge < -0.3 is 10.0 Å². The van der Waals surface area contributed by atoms with Gasteiger partial charge in [-0.1, -0.05) is 34.1 Å². The van der Waals surface area contributed by atoms with E-state index in [0.717, 1.165) is 23.0 Å². The number of nitrogens with zero attached hydrogens (tertiary/aromatic N) is 1. The maximum Gasteiger partial charge on any atom is 0.165 e. The van der Waals surface area contributed by atoms with Crippen molar-refractivity contribution in [1.29, 1.82) is 0 Å². The lowest BCUT2D eigenvalue weighted by Gasteiger charge is -2.17. The molecule has 1 atom stereocenters. The second-order valence-electron chi connectivity index (χ2n) is 4.59. The average Bonchev–Trinajstić information content (AvgIpc) is 2.34. The van der Waals surface area contributed by atoms with E-state index in [1.807, 2.05) is 31.3 Å². The number of aliphatic hydroxyl groups excluding tert-OH is 1. The molecule has 1 aromatic rings. The molecule has 0 spiro atoms. The van der Waals surface area contributed by atoms with E-state index in [1.165, 1.54) is 0 Å². The first-order chi connectivity index (χ1) is 8.50. The maximum atomic E-state index is 12.0. The van der Waals surface area contributed by atoms with Gasteiger partial charge in [-0.2, -0.15) is 0 Å². The first-order valence-corrected chi connectivity index (χ1v) is 6.94. The standard InChI is InChI=1S/C14H20BrNO2/c1-11(17)7-9-16(2)10-8-14(18)12-5-3-4-6-13(12)15/h3-6,11,17H,7-10H2,1-2H3. The van der Waals surface area contributed by atoms with E-state index in [2.05, 4.69) is 20.8 Å². The van der Waals surface area contributed by atoms with Gasteiger partial charge in [-0.15, -0.1) is 0 Å². The van der Waals surface area contributed by atoms with Crippen LogP contribution in [0, 0.1) is 0 Å². The highest BCUT2D eigenvalue weighted by molar-refractivity contribution is 9.10. The van der Waals surface area contributed by atoms with Crippen LogP contribution in [0.4, 0.5) is 0 Å². The van der Waals surface area contributed by atoms with E-state index in [4.69, 9.17) is 0 Å². The number of aliphatic hydroxyl groups is 1. The van der Waals surface area contributed by atoms with E-state index < -0.39 is 0 Å². The monoisotopic (exact) mass is 313 g/mol. The van der Waals surface area contributed by atoms with Gasteiger partial charge in [-0.05, 0) is 26.5 Å². The van der Waals surface area contributed by atoms with Crippen molar-refractivity contribution in [2.75, 3.05) is 20.1 Å². The molecule has 4 heteroatoms. The Morgan fingerprint density at radius 2 is 2.06 bits per heavy atom. The summed E-state index contributed by atoms with van der Waals surface area (Å²) in [5.74, 6) is 0.145. The van der Waals surface area contributed by atoms with Crippen molar-refractivity contribution in [3.63, 3.8) is 0 Å². The topological polar surface area (TPSA) is 40.5 Å². The second-order valence-corrected chi connectivity index (χ2v) is 5.45. The fourth-order valence-corrected chi connectivity index (χ4v) is 2.14. The van der Waals surface area contributed by atoms with Crippen molar-refractivity contribution in [2.45, 2.75) is 25.9 Å². The van der Waals surface area contributed by atoms with Gasteiger partial charge in [0.1, 0.15) is 0 Å². The molecule has 0 amide bonds. The summed E-state index contributed by atoms with van der Waals surface area (Å²) in [6, 6.07) is 7.48. The zero-order chi connectivity index (χ0) is 13.5. The van der Waals surface area contributed by atoms with Crippen molar-refractivity contribution in [2.24, 2.45) is 0 Å². The number of benzene rings is 1. The molecule has 0 saturated heterocycles. The van der Waals surface area contributed by atoms with Crippen LogP contribution in [0.3, 0.4) is 0 Å². The molecule has 0 radical (unpaired) electrons. The molecule has 0 saturated carbocycles. The van der Waals surface area contributed by atoms with Crippen LogP contribution in [0.25, 0.3) is 0 Å². The third-order valence-electron chi connectivity index (χ3n) is 2.82. The van der Waals surface area contributed by atoms with E-state index in [9.17, 15) is 9.90 Å². The molecule has 1 aromatic carbocycles. The fraction of sp³-hybridized carbons (Fsp3) is 0.500. The molecule has 1 rings (SSSR count). The molecule has 0 heterocycles. The van der Waals surface area contributed by atoms with Gasteiger partial charge in [0.2, 0.25) is 0 Å². The van der Waals surface area contributed by atoms with Crippen LogP contribution in [0.2, 0.25) is 0 Å². The van der Waals surface area contributed by atoms with E-state index in [1.54, 1.807) is 6.92 Å². The van der Waals surface area contributed by atoms with Crippen molar-refractivity contribution < 1.29 is 9.90 Å². The van der Waals surface area contributed by atoms with Crippen molar-refractivity contribution in [3.05, 3.63) is 34.3 Å². The Morgan fingerprint density at radius 1 is 1.39 bits per heavy atom. The summed E-state index contributed by atoms with van der Waals surface area (Å²) in [5, 5.41) is 9.19. The lowest BCUT2D eigenvalue weighted by Crippen LogP contribution is -2.25. The van der Waals surface area contributed by atoms with Crippen LogP contribution in [0.1, 0.15) is 30.1 Å². The van der Waals surface area contributed by atoms with Crippen molar-refractivity contribution in [3.8, 4) is 0 Å². The molecule has 0 aliphatic heterocycles. The number of halogens is 1. The second kappa shape index (κ2) is 7.67. The Bertz CT molecular complexity index is 393. The number of ketones is 1. The van der Waals surface area contributed by atoms with Crippen LogP contribution in [0.5, 0.6) is 0 Å². The van der Waals surface area contributed by atoms with Gasteiger partial charge in [0.05, 0.1) is 6.10 Å². The van der Waals surface area contributed by atoms with Crippen LogP contribution in [-0.4, -0.2) is 42.0 Å². The van der Waals surface area contributed by atoms with E-state index in [-0.39, 0.29) is 11.9 Å². The number of Topliss-reactive ketones (excluding diaryl/α,β-unsaturated/α-hetero) is 1. The first-order valence-electron chi connectivity index (χ1n) is 6.15. The number of carbonyl (C=O) groups excluding carboxylic acids is 1. The number of rotatable bonds is 7. The quantitative estimate of drug-likeness (QED) is 0.787. The Labute approximate surface area is 117 Å². The Morgan fingerprint density at radius 3 is 2.67 bits per heavy atom. The molecular weight excluding hydrogens is 294 g/mol. The van der Waals surface area contributed by atoms with Crippen LogP contribution >= 0.6 is 15.9 Å². The van der Waals surface area contributed by atoms with Crippen LogP contribution in [-0.2, 0) is 0 Å². The van der Waals surface area contributed by atoms with Gasteiger partial charge in [-0.25, -0.2) is 0 Å². The van der Waals surface area contributed by atoms with E-state index >= 15 is 0 Å². The Balaban J connectivity index is 2.40. The highest BCUT2D eigenvalue weighted by Gasteiger charge is 2.10. The third-order valence-corrected chi connectivity index (χ3v) is 3.51. The van der Waals surface area contributed by atoms with Crippen molar-refractivity contribution in [1.82, 2.24) is 4.90 Å². The lowest BCUT2D eigenvalue weighted by atomic mass is 10.1. The molecule has 100 valence electrons. The summed E-state index contributed by atoms with van der Waals surface area (Å²) in [4.78, 5) is 14.1. The summed E-state index contributed by atoms with van der Waals surface area (Å²) in [6.07, 6.45) is 0.949. The fourth-order valence-electron chi connectivity index (χ4n) is 1.63. The van der Waals surface area contributed by atoms with Gasteiger partial charge in [0, 0.05) is 29.5 Å². The highest BCUT2D eigenvalue weighted by atomic mass is 79.9. The summed E-state index contributed by atoms with van der Waals surface area (Å²) in [6.45, 7) is 3.30. The molecule has 0 bridgehead atoms. The molecule has 18 heavy (non-hydrogen) atoms. The molecule has 0 aliphatic rings. The molecule has 3 nitrogen and oxygen atoms in total. The first kappa shape index (κ1) is 15.3. The Kier molecular flexibility index (Phi) is 6.54. The molecule has 0 aromatic heterocycles. The number of hydrogen-bond donors (Lipinski definition) is 1. The minimum atomic E-state index is -0.286. The van der Waals surface area contributed by atoms with Gasteiger partial charge >= 0.3 is 0 Å². The van der Waals surface area contributed by atoms with Gasteiger partial charge in [0.15, 0.2) is 5.78 Å². The SMILES string of the molecule is CC(O)CCN(C)CCC(=O)c1ccccc1Br. The predicted octanol–water partition coefficient (Wildman–Crippen LogP) is 2.72. The number of hydrogen-bond acceptors (Lipinski definition) is 3. The molecule has 1 unspecified atom stereocenters. The Hall–Kier alpha value is -0.710. The van der Waals surface area contributed by atoms with Crippen LogP contribution in [0.15, 0.2) is 28.7 Å².